The summed E-state index contributed by atoms with van der Waals surface area (Å²) in [5.74, 6) is -0.0606. The predicted molar refractivity (Wildman–Crippen MR) is 66.6 cm³/mol. The van der Waals surface area contributed by atoms with Gasteiger partial charge in [0.15, 0.2) is 11.6 Å². The van der Waals surface area contributed by atoms with Crippen molar-refractivity contribution in [1.29, 1.82) is 5.26 Å². The van der Waals surface area contributed by atoms with Crippen LogP contribution >= 0.6 is 0 Å². The Morgan fingerprint density at radius 1 is 1.50 bits per heavy atom. The smallest absolute Gasteiger partial charge is 0.165 e. The van der Waals surface area contributed by atoms with Gasteiger partial charge in [0.25, 0.3) is 0 Å². The maximum atomic E-state index is 13.7. The van der Waals surface area contributed by atoms with E-state index in [1.165, 1.54) is 6.07 Å². The largest absolute Gasteiger partial charge is 0.490 e. The minimum atomic E-state index is -0.337. The lowest BCUT2D eigenvalue weighted by atomic mass is 10.1. The van der Waals surface area contributed by atoms with E-state index in [2.05, 4.69) is 11.4 Å². The highest BCUT2D eigenvalue weighted by atomic mass is 19.1. The van der Waals surface area contributed by atoms with Gasteiger partial charge in [0, 0.05) is 18.4 Å². The van der Waals surface area contributed by atoms with Crippen LogP contribution in [0, 0.1) is 22.6 Å². The van der Waals surface area contributed by atoms with Crippen molar-refractivity contribution in [2.75, 3.05) is 13.7 Å². The van der Waals surface area contributed by atoms with Gasteiger partial charge >= 0.3 is 0 Å². The second-order valence-corrected chi connectivity index (χ2v) is 4.92. The molecule has 0 aliphatic heterocycles. The third kappa shape index (κ3) is 2.99. The fraction of sp³-hybridized carbons (Fsp3) is 0.500. The Labute approximate surface area is 107 Å². The fourth-order valence-electron chi connectivity index (χ4n) is 1.92. The van der Waals surface area contributed by atoms with Crippen molar-refractivity contribution in [3.8, 4) is 11.8 Å². The number of nitriles is 1. The van der Waals surface area contributed by atoms with Crippen molar-refractivity contribution >= 4 is 0 Å². The second kappa shape index (κ2) is 5.36. The third-order valence-electron chi connectivity index (χ3n) is 3.32. The number of benzene rings is 1. The molecule has 0 radical (unpaired) electrons. The average molecular weight is 248 g/mol. The quantitative estimate of drug-likeness (QED) is 0.841. The van der Waals surface area contributed by atoms with Gasteiger partial charge < -0.3 is 10.1 Å². The Balaban J connectivity index is 1.96. The molecule has 0 spiro atoms. The molecular formula is C14H17FN2O. The van der Waals surface area contributed by atoms with Crippen molar-refractivity contribution in [3.05, 3.63) is 29.6 Å². The van der Waals surface area contributed by atoms with E-state index in [0.717, 1.165) is 18.4 Å². The van der Waals surface area contributed by atoms with Crippen LogP contribution in [0.25, 0.3) is 0 Å². The highest BCUT2D eigenvalue weighted by Crippen LogP contribution is 2.48. The molecule has 1 N–H and O–H groups in total. The maximum Gasteiger partial charge on any atom is 0.165 e. The molecule has 96 valence electrons. The summed E-state index contributed by atoms with van der Waals surface area (Å²) in [7, 11) is 1.82. The first-order chi connectivity index (χ1) is 8.69. The molecule has 0 unspecified atom stereocenters. The van der Waals surface area contributed by atoms with E-state index in [4.69, 9.17) is 10.00 Å². The van der Waals surface area contributed by atoms with Gasteiger partial charge in [-0.2, -0.15) is 5.26 Å². The zero-order valence-electron chi connectivity index (χ0n) is 10.5. The summed E-state index contributed by atoms with van der Waals surface area (Å²) >= 11 is 0. The lowest BCUT2D eigenvalue weighted by Gasteiger charge is -2.13. The van der Waals surface area contributed by atoms with Gasteiger partial charge in [-0.25, -0.2) is 4.39 Å². The highest BCUT2D eigenvalue weighted by Gasteiger charge is 2.43. The Bertz CT molecular complexity index is 463. The highest BCUT2D eigenvalue weighted by molar-refractivity contribution is 5.29. The van der Waals surface area contributed by atoms with Gasteiger partial charge in [0.1, 0.15) is 0 Å². The molecular weight excluding hydrogens is 231 g/mol. The molecule has 0 aromatic heterocycles. The fourth-order valence-corrected chi connectivity index (χ4v) is 1.92. The zero-order chi connectivity index (χ0) is 13.0. The topological polar surface area (TPSA) is 45.0 Å². The molecule has 0 saturated heterocycles. The van der Waals surface area contributed by atoms with Crippen molar-refractivity contribution in [1.82, 2.24) is 5.32 Å². The van der Waals surface area contributed by atoms with Crippen LogP contribution in [0.1, 0.15) is 24.8 Å². The summed E-state index contributed by atoms with van der Waals surface area (Å²) in [5, 5.41) is 11.7. The van der Waals surface area contributed by atoms with E-state index in [-0.39, 0.29) is 17.0 Å². The third-order valence-corrected chi connectivity index (χ3v) is 3.32. The molecule has 1 saturated carbocycles. The lowest BCUT2D eigenvalue weighted by molar-refractivity contribution is 0.227. The molecule has 1 fully saturated rings. The molecule has 0 amide bonds. The van der Waals surface area contributed by atoms with Gasteiger partial charge in [-0.15, -0.1) is 0 Å². The Morgan fingerprint density at radius 2 is 2.28 bits per heavy atom. The number of ether oxygens (including phenoxy) is 1. The monoisotopic (exact) mass is 248 g/mol. The summed E-state index contributed by atoms with van der Waals surface area (Å²) in [6.45, 7) is 1.07. The van der Waals surface area contributed by atoms with Gasteiger partial charge in [0.05, 0.1) is 12.7 Å². The molecule has 1 aliphatic carbocycles. The first-order valence-corrected chi connectivity index (χ1v) is 6.12. The molecule has 4 heteroatoms. The van der Waals surface area contributed by atoms with Crippen LogP contribution in [-0.2, 0) is 6.54 Å². The molecule has 0 heterocycles. The number of hydrogen-bond donors (Lipinski definition) is 1. The van der Waals surface area contributed by atoms with Crippen molar-refractivity contribution in [2.24, 2.45) is 5.41 Å². The van der Waals surface area contributed by atoms with E-state index in [1.54, 1.807) is 6.07 Å². The Kier molecular flexibility index (Phi) is 3.83. The molecule has 1 aromatic carbocycles. The molecule has 0 atom stereocenters. The summed E-state index contributed by atoms with van der Waals surface area (Å²) in [4.78, 5) is 0. The van der Waals surface area contributed by atoms with Crippen molar-refractivity contribution < 1.29 is 9.13 Å². The number of nitrogens with zero attached hydrogens (tertiary/aromatic N) is 1. The van der Waals surface area contributed by atoms with Gasteiger partial charge in [-0.3, -0.25) is 0 Å². The van der Waals surface area contributed by atoms with Gasteiger partial charge in [-0.05, 0) is 37.6 Å². The van der Waals surface area contributed by atoms with E-state index >= 15 is 0 Å². The number of rotatable bonds is 6. The number of halogens is 1. The standard InChI is InChI=1S/C14H17FN2O/c1-17-9-11-2-3-13(12(15)8-11)18-10-14(4-5-14)6-7-16/h2-3,8,17H,4-6,9-10H2,1H3. The van der Waals surface area contributed by atoms with Gasteiger partial charge in [-0.1, -0.05) is 6.07 Å². The molecule has 1 aliphatic rings. The molecule has 3 nitrogen and oxygen atoms in total. The van der Waals surface area contributed by atoms with Crippen molar-refractivity contribution in [2.45, 2.75) is 25.8 Å². The minimum absolute atomic E-state index is 0.0230. The molecule has 0 bridgehead atoms. The minimum Gasteiger partial charge on any atom is -0.490 e. The summed E-state index contributed by atoms with van der Waals surface area (Å²) in [6, 6.07) is 7.15. The van der Waals surface area contributed by atoms with E-state index in [0.29, 0.717) is 19.6 Å². The molecule has 1 aromatic rings. The summed E-state index contributed by atoms with van der Waals surface area (Å²) in [5.41, 5.74) is 0.866. The van der Waals surface area contributed by atoms with Crippen LogP contribution in [0.5, 0.6) is 5.75 Å². The van der Waals surface area contributed by atoms with Crippen LogP contribution < -0.4 is 10.1 Å². The first-order valence-electron chi connectivity index (χ1n) is 6.12. The van der Waals surface area contributed by atoms with Crippen LogP contribution in [-0.4, -0.2) is 13.7 Å². The Hall–Kier alpha value is -1.60. The second-order valence-electron chi connectivity index (χ2n) is 4.92. The average Bonchev–Trinajstić information content (AvgIpc) is 3.09. The Morgan fingerprint density at radius 3 is 2.83 bits per heavy atom. The van der Waals surface area contributed by atoms with Crippen LogP contribution in [0.2, 0.25) is 0 Å². The van der Waals surface area contributed by atoms with Crippen LogP contribution in [0.3, 0.4) is 0 Å². The number of hydrogen-bond acceptors (Lipinski definition) is 3. The van der Waals surface area contributed by atoms with E-state index in [9.17, 15) is 4.39 Å². The van der Waals surface area contributed by atoms with Crippen LogP contribution in [0.15, 0.2) is 18.2 Å². The first kappa shape index (κ1) is 12.8. The van der Waals surface area contributed by atoms with Gasteiger partial charge in [0.2, 0.25) is 0 Å². The van der Waals surface area contributed by atoms with Crippen LogP contribution in [0.4, 0.5) is 4.39 Å². The van der Waals surface area contributed by atoms with E-state index in [1.807, 2.05) is 13.1 Å². The normalized spacial score (nSPS) is 16.1. The molecule has 2 rings (SSSR count). The van der Waals surface area contributed by atoms with Crippen molar-refractivity contribution in [3.63, 3.8) is 0 Å². The number of nitrogens with one attached hydrogen (secondary N) is 1. The molecule has 18 heavy (non-hydrogen) atoms. The van der Waals surface area contributed by atoms with E-state index < -0.39 is 0 Å². The summed E-state index contributed by atoms with van der Waals surface area (Å²) < 4.78 is 19.2. The maximum absolute atomic E-state index is 13.7. The SMILES string of the molecule is CNCc1ccc(OCC2(CC#N)CC2)c(F)c1. The summed E-state index contributed by atoms with van der Waals surface area (Å²) in [6.07, 6.45) is 2.49. The lowest BCUT2D eigenvalue weighted by Crippen LogP contribution is -2.13. The predicted octanol–water partition coefficient (Wildman–Crippen LogP) is 2.62. The zero-order valence-corrected chi connectivity index (χ0v) is 10.5.